The maximum atomic E-state index is 2.96. The van der Waals surface area contributed by atoms with Crippen molar-refractivity contribution in [2.24, 2.45) is 11.8 Å². The molecule has 1 heteroatoms. The van der Waals surface area contributed by atoms with Crippen LogP contribution in [-0.4, -0.2) is 5.66 Å². The van der Waals surface area contributed by atoms with Crippen molar-refractivity contribution < 1.29 is 0 Å². The van der Waals surface area contributed by atoms with Gasteiger partial charge in [-0.25, -0.2) is 0 Å². The quantitative estimate of drug-likeness (QED) is 0.553. The highest BCUT2D eigenvalue weighted by atomic mass is 31.0. The molecule has 0 saturated carbocycles. The molecule has 0 heterocycles. The molecular formula is C9H21P. The summed E-state index contributed by atoms with van der Waals surface area (Å²) in [6.07, 6.45) is 2.66. The van der Waals surface area contributed by atoms with Crippen LogP contribution in [0.1, 0.15) is 40.5 Å². The largest absolute Gasteiger partial charge is 0.134 e. The average Bonchev–Trinajstić information content (AvgIpc) is 1.87. The van der Waals surface area contributed by atoms with E-state index in [-0.39, 0.29) is 0 Å². The van der Waals surface area contributed by atoms with Crippen LogP contribution in [-0.2, 0) is 0 Å². The molecule has 0 amide bonds. The second kappa shape index (κ2) is 5.13. The van der Waals surface area contributed by atoms with Gasteiger partial charge in [-0.15, -0.1) is 9.24 Å². The predicted molar refractivity (Wildman–Crippen MR) is 52.4 cm³/mol. The Labute approximate surface area is 68.0 Å². The van der Waals surface area contributed by atoms with Crippen LogP contribution in [0.4, 0.5) is 0 Å². The molecule has 3 unspecified atom stereocenters. The van der Waals surface area contributed by atoms with Crippen molar-refractivity contribution in [2.75, 3.05) is 0 Å². The summed E-state index contributed by atoms with van der Waals surface area (Å²) in [5.41, 5.74) is 0.824. The second-order valence-corrected chi connectivity index (χ2v) is 4.41. The summed E-state index contributed by atoms with van der Waals surface area (Å²) in [5.74, 6) is 1.68. The van der Waals surface area contributed by atoms with Gasteiger partial charge in [-0.3, -0.25) is 0 Å². The molecule has 10 heavy (non-hydrogen) atoms. The Balaban J connectivity index is 3.58. The van der Waals surface area contributed by atoms with Gasteiger partial charge in [0.05, 0.1) is 0 Å². The average molecular weight is 160 g/mol. The summed E-state index contributed by atoms with van der Waals surface area (Å²) >= 11 is 0. The molecule has 0 aliphatic carbocycles. The Morgan fingerprint density at radius 3 is 2.00 bits per heavy atom. The molecule has 0 aromatic rings. The first-order chi connectivity index (χ1) is 4.59. The summed E-state index contributed by atoms with van der Waals surface area (Å²) in [4.78, 5) is 0. The molecule has 0 spiro atoms. The van der Waals surface area contributed by atoms with Gasteiger partial charge in [-0.2, -0.15) is 0 Å². The van der Waals surface area contributed by atoms with Crippen LogP contribution in [0.3, 0.4) is 0 Å². The Bertz CT molecular complexity index is 78.8. The van der Waals surface area contributed by atoms with Gasteiger partial charge in [-0.1, -0.05) is 34.1 Å². The highest BCUT2D eigenvalue weighted by molar-refractivity contribution is 7.17. The molecule has 3 atom stereocenters. The third-order valence-corrected chi connectivity index (χ3v) is 3.29. The normalized spacial score (nSPS) is 17.4. The van der Waals surface area contributed by atoms with E-state index < -0.39 is 0 Å². The Hall–Kier alpha value is 0.430. The SMILES string of the molecule is CCCC(P)C(C)C(C)C. The molecule has 0 bridgehead atoms. The fraction of sp³-hybridized carbons (Fsp3) is 1.00. The molecular weight excluding hydrogens is 139 g/mol. The van der Waals surface area contributed by atoms with E-state index in [4.69, 9.17) is 0 Å². The zero-order valence-corrected chi connectivity index (χ0v) is 8.88. The van der Waals surface area contributed by atoms with Crippen LogP contribution in [0.2, 0.25) is 0 Å². The maximum absolute atomic E-state index is 2.96. The molecule has 0 rings (SSSR count). The lowest BCUT2D eigenvalue weighted by molar-refractivity contribution is 0.391. The van der Waals surface area contributed by atoms with Gasteiger partial charge in [0.15, 0.2) is 0 Å². The van der Waals surface area contributed by atoms with Crippen molar-refractivity contribution >= 4 is 9.24 Å². The zero-order valence-electron chi connectivity index (χ0n) is 7.72. The first-order valence-electron chi connectivity index (χ1n) is 4.35. The first kappa shape index (κ1) is 10.4. The topological polar surface area (TPSA) is 0 Å². The van der Waals surface area contributed by atoms with Crippen molar-refractivity contribution in [3.63, 3.8) is 0 Å². The van der Waals surface area contributed by atoms with Crippen LogP contribution >= 0.6 is 9.24 Å². The van der Waals surface area contributed by atoms with Crippen LogP contribution in [0, 0.1) is 11.8 Å². The summed E-state index contributed by atoms with van der Waals surface area (Å²) in [6.45, 7) is 9.21. The fourth-order valence-electron chi connectivity index (χ4n) is 1.09. The molecule has 0 aromatic heterocycles. The van der Waals surface area contributed by atoms with E-state index in [1.807, 2.05) is 0 Å². The van der Waals surface area contributed by atoms with Crippen LogP contribution < -0.4 is 0 Å². The lowest BCUT2D eigenvalue weighted by Gasteiger charge is -2.22. The Morgan fingerprint density at radius 1 is 1.20 bits per heavy atom. The standard InChI is InChI=1S/C9H21P/c1-5-6-9(10)8(4)7(2)3/h7-9H,5-6,10H2,1-4H3. The van der Waals surface area contributed by atoms with Crippen LogP contribution in [0.15, 0.2) is 0 Å². The minimum absolute atomic E-state index is 0.824. The minimum Gasteiger partial charge on any atom is -0.134 e. The van der Waals surface area contributed by atoms with E-state index >= 15 is 0 Å². The smallest absolute Gasteiger partial charge is 0.0236 e. The van der Waals surface area contributed by atoms with Crippen molar-refractivity contribution in [1.29, 1.82) is 0 Å². The summed E-state index contributed by atoms with van der Waals surface area (Å²) in [6, 6.07) is 0. The molecule has 0 radical (unpaired) electrons. The van der Waals surface area contributed by atoms with E-state index in [1.165, 1.54) is 12.8 Å². The number of hydrogen-bond donors (Lipinski definition) is 0. The minimum atomic E-state index is 0.824. The fourth-order valence-corrected chi connectivity index (χ4v) is 1.87. The first-order valence-corrected chi connectivity index (χ1v) is 5.01. The molecule has 62 valence electrons. The van der Waals surface area contributed by atoms with Gasteiger partial charge < -0.3 is 0 Å². The highest BCUT2D eigenvalue weighted by Crippen LogP contribution is 2.24. The Kier molecular flexibility index (Phi) is 5.35. The van der Waals surface area contributed by atoms with Crippen molar-refractivity contribution in [3.8, 4) is 0 Å². The summed E-state index contributed by atoms with van der Waals surface area (Å²) in [7, 11) is 2.96. The van der Waals surface area contributed by atoms with Gasteiger partial charge in [0.2, 0.25) is 0 Å². The van der Waals surface area contributed by atoms with E-state index in [1.54, 1.807) is 0 Å². The monoisotopic (exact) mass is 160 g/mol. The van der Waals surface area contributed by atoms with E-state index in [0.717, 1.165) is 17.5 Å². The molecule has 0 N–H and O–H groups in total. The lowest BCUT2D eigenvalue weighted by Crippen LogP contribution is -2.16. The highest BCUT2D eigenvalue weighted by Gasteiger charge is 2.14. The molecule has 0 aliphatic heterocycles. The molecule has 0 fully saturated rings. The van der Waals surface area contributed by atoms with Gasteiger partial charge in [-0.05, 0) is 23.9 Å². The van der Waals surface area contributed by atoms with Crippen LogP contribution in [0.5, 0.6) is 0 Å². The van der Waals surface area contributed by atoms with Crippen molar-refractivity contribution in [2.45, 2.75) is 46.2 Å². The van der Waals surface area contributed by atoms with E-state index in [2.05, 4.69) is 36.9 Å². The molecule has 0 aliphatic rings. The zero-order chi connectivity index (χ0) is 8.15. The number of rotatable bonds is 4. The van der Waals surface area contributed by atoms with Gasteiger partial charge in [0, 0.05) is 0 Å². The Morgan fingerprint density at radius 2 is 1.70 bits per heavy atom. The maximum Gasteiger partial charge on any atom is -0.0236 e. The van der Waals surface area contributed by atoms with Crippen molar-refractivity contribution in [3.05, 3.63) is 0 Å². The second-order valence-electron chi connectivity index (χ2n) is 3.56. The predicted octanol–water partition coefficient (Wildman–Crippen LogP) is 3.32. The van der Waals surface area contributed by atoms with Gasteiger partial charge >= 0.3 is 0 Å². The number of hydrogen-bond acceptors (Lipinski definition) is 0. The molecule has 0 aromatic carbocycles. The van der Waals surface area contributed by atoms with Gasteiger partial charge in [0.1, 0.15) is 0 Å². The van der Waals surface area contributed by atoms with Crippen LogP contribution in [0.25, 0.3) is 0 Å². The summed E-state index contributed by atoms with van der Waals surface area (Å²) in [5, 5.41) is 0. The van der Waals surface area contributed by atoms with Crippen molar-refractivity contribution in [1.82, 2.24) is 0 Å². The van der Waals surface area contributed by atoms with E-state index in [0.29, 0.717) is 0 Å². The third-order valence-electron chi connectivity index (χ3n) is 2.35. The lowest BCUT2D eigenvalue weighted by atomic mass is 9.92. The molecule has 0 nitrogen and oxygen atoms in total. The van der Waals surface area contributed by atoms with Gasteiger partial charge in [0.25, 0.3) is 0 Å². The van der Waals surface area contributed by atoms with E-state index in [9.17, 15) is 0 Å². The molecule has 0 saturated heterocycles. The summed E-state index contributed by atoms with van der Waals surface area (Å²) < 4.78 is 0. The third kappa shape index (κ3) is 3.56.